The van der Waals surface area contributed by atoms with E-state index in [1.165, 1.54) is 0 Å². The molecule has 0 amide bonds. The molecule has 0 aromatic heterocycles. The monoisotopic (exact) mass is 471 g/mol. The number of methoxy groups -OCH3 is 1. The third-order valence-electron chi connectivity index (χ3n) is 2.50. The van der Waals surface area contributed by atoms with Gasteiger partial charge in [-0.25, -0.2) is 0 Å². The van der Waals surface area contributed by atoms with Crippen LogP contribution in [0.3, 0.4) is 0 Å². The van der Waals surface area contributed by atoms with Crippen molar-refractivity contribution in [2.24, 2.45) is 4.99 Å². The van der Waals surface area contributed by atoms with Crippen LogP contribution in [0.5, 0.6) is 5.75 Å². The highest BCUT2D eigenvalue weighted by Crippen LogP contribution is 2.17. The Morgan fingerprint density at radius 2 is 2.00 bits per heavy atom. The van der Waals surface area contributed by atoms with Crippen LogP contribution in [0.15, 0.2) is 33.7 Å². The number of benzene rings is 1. The highest BCUT2D eigenvalue weighted by molar-refractivity contribution is 14.0. The summed E-state index contributed by atoms with van der Waals surface area (Å²) in [6.45, 7) is 2.85. The fraction of sp³-hybridized carbons (Fsp3) is 0.500. The molecule has 0 aliphatic heterocycles. The molecule has 2 N–H and O–H groups in total. The summed E-state index contributed by atoms with van der Waals surface area (Å²) in [6.07, 6.45) is 0.950. The molecule has 0 aliphatic rings. The maximum Gasteiger partial charge on any atom is 0.191 e. The minimum atomic E-state index is 0. The number of rotatable bonds is 8. The molecule has 0 aliphatic carbocycles. The number of aliphatic imine (C=N–C) groups is 1. The minimum absolute atomic E-state index is 0. The van der Waals surface area contributed by atoms with Crippen molar-refractivity contribution in [1.29, 1.82) is 0 Å². The van der Waals surface area contributed by atoms with Crippen LogP contribution in [-0.2, 0) is 4.74 Å². The van der Waals surface area contributed by atoms with Crippen molar-refractivity contribution in [2.75, 3.05) is 40.5 Å². The van der Waals surface area contributed by atoms with Crippen molar-refractivity contribution in [3.63, 3.8) is 0 Å². The van der Waals surface area contributed by atoms with Crippen LogP contribution in [0.1, 0.15) is 6.42 Å². The van der Waals surface area contributed by atoms with Gasteiger partial charge in [-0.3, -0.25) is 4.99 Å². The van der Waals surface area contributed by atoms with Gasteiger partial charge in [-0.05, 0) is 24.6 Å². The number of hydrogen-bond donors (Lipinski definition) is 2. The van der Waals surface area contributed by atoms with Gasteiger partial charge in [0.15, 0.2) is 5.96 Å². The predicted molar refractivity (Wildman–Crippen MR) is 101 cm³/mol. The Morgan fingerprint density at radius 1 is 1.24 bits per heavy atom. The van der Waals surface area contributed by atoms with Gasteiger partial charge in [0.2, 0.25) is 0 Å². The summed E-state index contributed by atoms with van der Waals surface area (Å²) in [5.41, 5.74) is 0. The van der Waals surface area contributed by atoms with Crippen LogP contribution in [0.2, 0.25) is 0 Å². The predicted octanol–water partition coefficient (Wildman–Crippen LogP) is 2.65. The normalized spacial score (nSPS) is 10.7. The number of nitrogens with one attached hydrogen (secondary N) is 2. The average molecular weight is 472 g/mol. The van der Waals surface area contributed by atoms with Gasteiger partial charge < -0.3 is 20.1 Å². The molecule has 0 saturated heterocycles. The maximum atomic E-state index is 5.63. The number of hydrogen-bond acceptors (Lipinski definition) is 3. The molecule has 7 heteroatoms. The second kappa shape index (κ2) is 13.1. The molecule has 0 saturated carbocycles. The minimum Gasteiger partial charge on any atom is -0.492 e. The van der Waals surface area contributed by atoms with Crippen LogP contribution in [0.4, 0.5) is 0 Å². The lowest BCUT2D eigenvalue weighted by Gasteiger charge is -2.12. The maximum absolute atomic E-state index is 5.63. The molecule has 120 valence electrons. The van der Waals surface area contributed by atoms with Crippen molar-refractivity contribution in [1.82, 2.24) is 10.6 Å². The fourth-order valence-corrected chi connectivity index (χ4v) is 1.92. The lowest BCUT2D eigenvalue weighted by molar-refractivity contribution is 0.195. The number of guanidine groups is 1. The second-order valence-electron chi connectivity index (χ2n) is 4.08. The third-order valence-corrected chi connectivity index (χ3v) is 2.99. The fourth-order valence-electron chi connectivity index (χ4n) is 1.54. The summed E-state index contributed by atoms with van der Waals surface area (Å²) >= 11 is 3.41. The summed E-state index contributed by atoms with van der Waals surface area (Å²) < 4.78 is 11.6. The Kier molecular flexibility index (Phi) is 12.8. The third kappa shape index (κ3) is 9.92. The topological polar surface area (TPSA) is 54.9 Å². The Morgan fingerprint density at radius 3 is 2.67 bits per heavy atom. The zero-order chi connectivity index (χ0) is 14.6. The summed E-state index contributed by atoms with van der Waals surface area (Å²) in [5, 5.41) is 6.40. The molecule has 0 atom stereocenters. The molecular weight excluding hydrogens is 449 g/mol. The van der Waals surface area contributed by atoms with Gasteiger partial charge in [0.05, 0.1) is 6.54 Å². The van der Waals surface area contributed by atoms with Crippen LogP contribution in [0.25, 0.3) is 0 Å². The summed E-state index contributed by atoms with van der Waals surface area (Å²) in [4.78, 5) is 4.13. The molecule has 0 spiro atoms. The van der Waals surface area contributed by atoms with Gasteiger partial charge in [-0.15, -0.1) is 24.0 Å². The molecule has 5 nitrogen and oxygen atoms in total. The second-order valence-corrected chi connectivity index (χ2v) is 4.99. The van der Waals surface area contributed by atoms with Gasteiger partial charge in [-0.2, -0.15) is 0 Å². The van der Waals surface area contributed by atoms with Crippen molar-refractivity contribution in [2.45, 2.75) is 6.42 Å². The molecule has 0 fully saturated rings. The van der Waals surface area contributed by atoms with Crippen molar-refractivity contribution in [3.8, 4) is 5.75 Å². The Labute approximate surface area is 152 Å². The quantitative estimate of drug-likeness (QED) is 0.265. The number of ether oxygens (including phenoxy) is 2. The van der Waals surface area contributed by atoms with Crippen molar-refractivity contribution < 1.29 is 9.47 Å². The van der Waals surface area contributed by atoms with Gasteiger partial charge in [0, 0.05) is 31.8 Å². The van der Waals surface area contributed by atoms with E-state index in [0.29, 0.717) is 13.2 Å². The molecule has 1 aromatic rings. The number of nitrogens with zero attached hydrogens (tertiary/aromatic N) is 1. The molecule has 0 unspecified atom stereocenters. The standard InChI is InChI=1S/C14H22BrN3O2.HI/c1-16-14(17-7-4-9-19-2)18-8-10-20-13-6-3-5-12(15)11-13;/h3,5-6,11H,4,7-10H2,1-2H3,(H2,16,17,18);1H. The van der Waals surface area contributed by atoms with Gasteiger partial charge in [0.1, 0.15) is 12.4 Å². The van der Waals surface area contributed by atoms with E-state index in [1.54, 1.807) is 14.2 Å². The van der Waals surface area contributed by atoms with E-state index < -0.39 is 0 Å². The van der Waals surface area contributed by atoms with Crippen LogP contribution >= 0.6 is 39.9 Å². The summed E-state index contributed by atoms with van der Waals surface area (Å²) in [5.74, 6) is 1.63. The zero-order valence-corrected chi connectivity index (χ0v) is 16.3. The molecule has 21 heavy (non-hydrogen) atoms. The van der Waals surface area contributed by atoms with E-state index in [4.69, 9.17) is 9.47 Å². The van der Waals surface area contributed by atoms with E-state index in [1.807, 2.05) is 24.3 Å². The van der Waals surface area contributed by atoms with E-state index in [9.17, 15) is 0 Å². The van der Waals surface area contributed by atoms with Crippen LogP contribution in [-0.4, -0.2) is 46.4 Å². The first kappa shape index (κ1) is 20.5. The van der Waals surface area contributed by atoms with E-state index in [2.05, 4.69) is 31.6 Å². The largest absolute Gasteiger partial charge is 0.492 e. The molecule has 0 heterocycles. The summed E-state index contributed by atoms with van der Waals surface area (Å²) in [6, 6.07) is 7.79. The first-order valence-electron chi connectivity index (χ1n) is 6.58. The van der Waals surface area contributed by atoms with Gasteiger partial charge in [-0.1, -0.05) is 22.0 Å². The molecule has 1 aromatic carbocycles. The van der Waals surface area contributed by atoms with Gasteiger partial charge >= 0.3 is 0 Å². The van der Waals surface area contributed by atoms with Gasteiger partial charge in [0.25, 0.3) is 0 Å². The molecule has 0 bridgehead atoms. The first-order chi connectivity index (χ1) is 9.76. The molecule has 1 rings (SSSR count). The SMILES string of the molecule is CN=C(NCCCOC)NCCOc1cccc(Br)c1.I. The lowest BCUT2D eigenvalue weighted by atomic mass is 10.3. The average Bonchev–Trinajstić information content (AvgIpc) is 2.46. The highest BCUT2D eigenvalue weighted by atomic mass is 127. The van der Waals surface area contributed by atoms with E-state index >= 15 is 0 Å². The highest BCUT2D eigenvalue weighted by Gasteiger charge is 1.98. The van der Waals surface area contributed by atoms with Crippen LogP contribution < -0.4 is 15.4 Å². The number of halogens is 2. The van der Waals surface area contributed by atoms with Crippen molar-refractivity contribution >= 4 is 45.9 Å². The Balaban J connectivity index is 0.00000400. The zero-order valence-electron chi connectivity index (χ0n) is 12.4. The first-order valence-corrected chi connectivity index (χ1v) is 7.37. The van der Waals surface area contributed by atoms with E-state index in [-0.39, 0.29) is 24.0 Å². The molecular formula is C14H23BrIN3O2. The Bertz CT molecular complexity index is 419. The molecule has 0 radical (unpaired) electrons. The van der Waals surface area contributed by atoms with E-state index in [0.717, 1.165) is 35.8 Å². The lowest BCUT2D eigenvalue weighted by Crippen LogP contribution is -2.39. The van der Waals surface area contributed by atoms with Crippen molar-refractivity contribution in [3.05, 3.63) is 28.7 Å². The smallest absolute Gasteiger partial charge is 0.191 e. The van der Waals surface area contributed by atoms with Crippen LogP contribution in [0, 0.1) is 0 Å². The summed E-state index contributed by atoms with van der Waals surface area (Å²) in [7, 11) is 3.45. The Hall–Kier alpha value is -0.540.